The highest BCUT2D eigenvalue weighted by atomic mass is 19.1. The molecule has 0 aliphatic rings. The molecule has 0 fully saturated rings. The molecule has 3 rings (SSSR count). The second-order valence-corrected chi connectivity index (χ2v) is 7.66. The van der Waals surface area contributed by atoms with Crippen LogP contribution in [-0.2, 0) is 11.2 Å². The summed E-state index contributed by atoms with van der Waals surface area (Å²) in [5.74, 6) is -2.43. The third-order valence-corrected chi connectivity index (χ3v) is 5.28. The van der Waals surface area contributed by atoms with Gasteiger partial charge >= 0.3 is 0 Å². The number of aliphatic hydroxyl groups excluding tert-OH is 1. The third-order valence-electron chi connectivity index (χ3n) is 5.28. The molecule has 0 bridgehead atoms. The van der Waals surface area contributed by atoms with Crippen LogP contribution in [0.3, 0.4) is 0 Å². The lowest BCUT2D eigenvalue weighted by Gasteiger charge is -2.19. The Morgan fingerprint density at radius 1 is 0.938 bits per heavy atom. The molecule has 0 saturated heterocycles. The van der Waals surface area contributed by atoms with Gasteiger partial charge in [-0.2, -0.15) is 0 Å². The van der Waals surface area contributed by atoms with Crippen LogP contribution in [0.1, 0.15) is 35.4 Å². The van der Waals surface area contributed by atoms with Crippen molar-refractivity contribution >= 4 is 11.6 Å². The third kappa shape index (κ3) is 6.18. The Morgan fingerprint density at radius 2 is 1.53 bits per heavy atom. The van der Waals surface area contributed by atoms with Crippen LogP contribution >= 0.6 is 0 Å². The molecular formula is C25H25F3N2O2. The minimum absolute atomic E-state index is 0.0982. The normalized spacial score (nSPS) is 12.1. The van der Waals surface area contributed by atoms with Crippen molar-refractivity contribution in [1.82, 2.24) is 0 Å². The Balaban J connectivity index is 1.84. The molecule has 1 atom stereocenters. The molecule has 4 N–H and O–H groups in total. The van der Waals surface area contributed by atoms with Gasteiger partial charge < -0.3 is 16.2 Å². The molecule has 0 aliphatic heterocycles. The molecule has 7 heteroatoms. The summed E-state index contributed by atoms with van der Waals surface area (Å²) >= 11 is 0. The van der Waals surface area contributed by atoms with Gasteiger partial charge in [-0.25, -0.2) is 13.2 Å². The molecule has 4 nitrogen and oxygen atoms in total. The van der Waals surface area contributed by atoms with E-state index >= 15 is 0 Å². The average Bonchev–Trinajstić information content (AvgIpc) is 2.77. The van der Waals surface area contributed by atoms with Gasteiger partial charge in [0.1, 0.15) is 17.5 Å². The minimum Gasteiger partial charge on any atom is -0.395 e. The number of hydrogen-bond acceptors (Lipinski definition) is 3. The maximum Gasteiger partial charge on any atom is 0.225 e. The summed E-state index contributed by atoms with van der Waals surface area (Å²) in [6.45, 7) is -0.223. The van der Waals surface area contributed by atoms with Gasteiger partial charge in [0, 0.05) is 29.6 Å². The molecule has 0 aliphatic carbocycles. The zero-order chi connectivity index (χ0) is 23.1. The summed E-state index contributed by atoms with van der Waals surface area (Å²) in [5.41, 5.74) is 7.37. The van der Waals surface area contributed by atoms with Crippen molar-refractivity contribution in [3.05, 3.63) is 101 Å². The van der Waals surface area contributed by atoms with Crippen molar-refractivity contribution in [2.45, 2.75) is 31.2 Å². The Bertz CT molecular complexity index is 1030. The first-order valence-corrected chi connectivity index (χ1v) is 10.3. The van der Waals surface area contributed by atoms with E-state index in [-0.39, 0.29) is 25.0 Å². The van der Waals surface area contributed by atoms with Crippen LogP contribution in [0.15, 0.2) is 66.7 Å². The van der Waals surface area contributed by atoms with Crippen molar-refractivity contribution in [3.8, 4) is 0 Å². The van der Waals surface area contributed by atoms with Crippen molar-refractivity contribution in [1.29, 1.82) is 0 Å². The maximum absolute atomic E-state index is 14.4. The van der Waals surface area contributed by atoms with Crippen molar-refractivity contribution in [2.24, 2.45) is 5.73 Å². The van der Waals surface area contributed by atoms with Crippen LogP contribution in [0, 0.1) is 17.5 Å². The molecule has 32 heavy (non-hydrogen) atoms. The largest absolute Gasteiger partial charge is 0.395 e. The van der Waals surface area contributed by atoms with Crippen molar-refractivity contribution < 1.29 is 23.1 Å². The Hall–Kier alpha value is -3.16. The molecule has 168 valence electrons. The predicted molar refractivity (Wildman–Crippen MR) is 118 cm³/mol. The van der Waals surface area contributed by atoms with Crippen LogP contribution in [-0.4, -0.2) is 23.7 Å². The molecular weight excluding hydrogens is 417 g/mol. The second-order valence-electron chi connectivity index (χ2n) is 7.66. The number of nitrogens with one attached hydrogen (secondary N) is 1. The highest BCUT2D eigenvalue weighted by Gasteiger charge is 2.21. The number of carbonyl (C=O) groups excluding carboxylic acids is 1. The molecule has 3 aromatic rings. The standard InChI is InChI=1S/C25H25F3N2O2/c26-18-6-1-4-16(12-18)22(17-5-2-7-19(27)13-17)14-25(32)30-24-9-3-8-23(28)21(24)11-10-20(29)15-31/h1-9,12-13,20,22,31H,10-11,14-15,29H2,(H,30,32)/t20-/m0/s1. The van der Waals surface area contributed by atoms with E-state index in [1.54, 1.807) is 18.2 Å². The van der Waals surface area contributed by atoms with E-state index in [1.165, 1.54) is 48.5 Å². The van der Waals surface area contributed by atoms with Gasteiger partial charge in [-0.15, -0.1) is 0 Å². The van der Waals surface area contributed by atoms with Gasteiger partial charge in [0.2, 0.25) is 5.91 Å². The van der Waals surface area contributed by atoms with E-state index in [4.69, 9.17) is 10.8 Å². The fourth-order valence-electron chi connectivity index (χ4n) is 3.61. The SMILES string of the molecule is N[C@H](CO)CCc1c(F)cccc1NC(=O)CC(c1cccc(F)c1)c1cccc(F)c1. The first-order valence-electron chi connectivity index (χ1n) is 10.3. The molecule has 0 heterocycles. The van der Waals surface area contributed by atoms with E-state index < -0.39 is 35.3 Å². The van der Waals surface area contributed by atoms with Crippen molar-refractivity contribution in [2.75, 3.05) is 11.9 Å². The molecule has 0 aromatic heterocycles. The number of aliphatic hydroxyl groups is 1. The monoisotopic (exact) mass is 442 g/mol. The van der Waals surface area contributed by atoms with Gasteiger partial charge in [0.05, 0.1) is 6.61 Å². The highest BCUT2D eigenvalue weighted by molar-refractivity contribution is 5.92. The number of amides is 1. The maximum atomic E-state index is 14.4. The summed E-state index contributed by atoms with van der Waals surface area (Å²) in [7, 11) is 0. The van der Waals surface area contributed by atoms with Crippen LogP contribution in [0.2, 0.25) is 0 Å². The first-order chi connectivity index (χ1) is 15.4. The lowest BCUT2D eigenvalue weighted by atomic mass is 9.88. The number of anilines is 1. The summed E-state index contributed by atoms with van der Waals surface area (Å²) in [4.78, 5) is 12.9. The summed E-state index contributed by atoms with van der Waals surface area (Å²) in [6, 6.07) is 15.5. The van der Waals surface area contributed by atoms with E-state index in [9.17, 15) is 18.0 Å². The Kier molecular flexibility index (Phi) is 8.03. The molecule has 0 spiro atoms. The summed E-state index contributed by atoms with van der Waals surface area (Å²) < 4.78 is 42.1. The topological polar surface area (TPSA) is 75.3 Å². The number of benzene rings is 3. The van der Waals surface area contributed by atoms with Gasteiger partial charge in [-0.05, 0) is 60.4 Å². The van der Waals surface area contributed by atoms with E-state index in [0.29, 0.717) is 23.2 Å². The smallest absolute Gasteiger partial charge is 0.225 e. The van der Waals surface area contributed by atoms with Gasteiger partial charge in [0.25, 0.3) is 0 Å². The van der Waals surface area contributed by atoms with Gasteiger partial charge in [0.15, 0.2) is 0 Å². The van der Waals surface area contributed by atoms with Gasteiger partial charge in [-0.1, -0.05) is 30.3 Å². The zero-order valence-electron chi connectivity index (χ0n) is 17.4. The molecule has 1 amide bonds. The summed E-state index contributed by atoms with van der Waals surface area (Å²) in [6.07, 6.45) is 0.482. The lowest BCUT2D eigenvalue weighted by Crippen LogP contribution is -2.25. The molecule has 0 radical (unpaired) electrons. The van der Waals surface area contributed by atoms with Gasteiger partial charge in [-0.3, -0.25) is 4.79 Å². The fourth-order valence-corrected chi connectivity index (χ4v) is 3.61. The predicted octanol–water partition coefficient (Wildman–Crippen LogP) is 4.52. The van der Waals surface area contributed by atoms with E-state index in [1.807, 2.05) is 0 Å². The van der Waals surface area contributed by atoms with Crippen LogP contribution in [0.4, 0.5) is 18.9 Å². The summed E-state index contributed by atoms with van der Waals surface area (Å²) in [5, 5.41) is 11.8. The molecule has 3 aromatic carbocycles. The Labute approximate surface area is 184 Å². The minimum atomic E-state index is -0.596. The molecule has 0 unspecified atom stereocenters. The number of carbonyl (C=O) groups is 1. The first kappa shape index (κ1) is 23.5. The molecule has 0 saturated carbocycles. The number of nitrogens with two attached hydrogens (primary N) is 1. The average molecular weight is 442 g/mol. The van der Waals surface area contributed by atoms with Crippen LogP contribution < -0.4 is 11.1 Å². The number of hydrogen-bond donors (Lipinski definition) is 3. The van der Waals surface area contributed by atoms with E-state index in [0.717, 1.165) is 0 Å². The number of rotatable bonds is 9. The van der Waals surface area contributed by atoms with Crippen LogP contribution in [0.25, 0.3) is 0 Å². The number of halogens is 3. The van der Waals surface area contributed by atoms with E-state index in [2.05, 4.69) is 5.32 Å². The second kappa shape index (κ2) is 10.9. The quantitative estimate of drug-likeness (QED) is 0.456. The fraction of sp³-hybridized carbons (Fsp3) is 0.240. The Morgan fingerprint density at radius 3 is 2.09 bits per heavy atom. The zero-order valence-corrected chi connectivity index (χ0v) is 17.4. The lowest BCUT2D eigenvalue weighted by molar-refractivity contribution is -0.116. The van der Waals surface area contributed by atoms with Crippen molar-refractivity contribution in [3.63, 3.8) is 0 Å². The highest BCUT2D eigenvalue weighted by Crippen LogP contribution is 2.30. The van der Waals surface area contributed by atoms with Crippen LogP contribution in [0.5, 0.6) is 0 Å².